The molecule has 0 unspecified atom stereocenters. The number of hydrogen-bond donors (Lipinski definition) is 3. The molecule has 4 aromatic rings. The molecule has 38 heavy (non-hydrogen) atoms. The number of H-pyrrole nitrogens is 1. The van der Waals surface area contributed by atoms with Crippen molar-refractivity contribution in [3.8, 4) is 0 Å². The van der Waals surface area contributed by atoms with E-state index in [0.717, 1.165) is 22.0 Å². The number of aromatic nitrogens is 1. The van der Waals surface area contributed by atoms with Crippen LogP contribution in [0.1, 0.15) is 16.7 Å². The van der Waals surface area contributed by atoms with Gasteiger partial charge in [0.25, 0.3) is 0 Å². The number of imide groups is 1. The molecule has 0 radical (unpaired) electrons. The number of likely N-dealkylation sites (tertiary alicyclic amines) is 1. The van der Waals surface area contributed by atoms with E-state index in [9.17, 15) is 14.4 Å². The fraction of sp³-hybridized carbons (Fsp3) is 0.233. The van der Waals surface area contributed by atoms with Crippen molar-refractivity contribution in [1.82, 2.24) is 15.2 Å². The number of carbonyl (C=O) groups is 3. The molecule has 1 aromatic heterocycles. The van der Waals surface area contributed by atoms with Gasteiger partial charge >= 0.3 is 0 Å². The van der Waals surface area contributed by atoms with Crippen LogP contribution in [0, 0.1) is 11.8 Å². The van der Waals surface area contributed by atoms with Crippen molar-refractivity contribution in [2.24, 2.45) is 11.8 Å². The van der Waals surface area contributed by atoms with Gasteiger partial charge in [-0.2, -0.15) is 0 Å². The van der Waals surface area contributed by atoms with Crippen molar-refractivity contribution in [2.45, 2.75) is 24.4 Å². The number of anilines is 1. The number of aromatic amines is 1. The second kappa shape index (κ2) is 8.55. The van der Waals surface area contributed by atoms with Crippen LogP contribution in [0.15, 0.2) is 79.0 Å². The second-order valence-corrected chi connectivity index (χ2v) is 10.7. The summed E-state index contributed by atoms with van der Waals surface area (Å²) in [4.78, 5) is 46.4. The van der Waals surface area contributed by atoms with Crippen molar-refractivity contribution in [1.29, 1.82) is 0 Å². The van der Waals surface area contributed by atoms with Crippen molar-refractivity contribution < 1.29 is 14.4 Å². The Morgan fingerprint density at radius 2 is 1.68 bits per heavy atom. The summed E-state index contributed by atoms with van der Waals surface area (Å²) in [6.07, 6.45) is 2.99. The Kier molecular flexibility index (Phi) is 5.22. The SMILES string of the molecule is O=C1[C@@H]2[C@H](Cc3c[nH]c4ccccc34)N[C@]3(C(=O)Nc4c(Cl)cccc43)[C@@H]2C(=O)N1CCc1ccccc1. The predicted octanol–water partition coefficient (Wildman–Crippen LogP) is 4.03. The Morgan fingerprint density at radius 1 is 0.895 bits per heavy atom. The molecule has 0 saturated carbocycles. The van der Waals surface area contributed by atoms with Crippen LogP contribution >= 0.6 is 11.6 Å². The lowest BCUT2D eigenvalue weighted by molar-refractivity contribution is -0.142. The van der Waals surface area contributed by atoms with Crippen LogP contribution in [-0.2, 0) is 32.8 Å². The molecule has 4 heterocycles. The van der Waals surface area contributed by atoms with E-state index in [1.54, 1.807) is 12.1 Å². The molecule has 0 bridgehead atoms. The Hall–Kier alpha value is -3.94. The summed E-state index contributed by atoms with van der Waals surface area (Å²) in [5.74, 6) is -2.42. The number of benzene rings is 3. The molecule has 3 aliphatic rings. The number of rotatable bonds is 5. The summed E-state index contributed by atoms with van der Waals surface area (Å²) in [5, 5.41) is 7.88. The average Bonchev–Trinajstić information content (AvgIpc) is 3.64. The first-order valence-corrected chi connectivity index (χ1v) is 13.2. The molecule has 3 aliphatic heterocycles. The van der Waals surface area contributed by atoms with Gasteiger partial charge in [-0.1, -0.05) is 72.3 Å². The van der Waals surface area contributed by atoms with Crippen LogP contribution in [0.2, 0.25) is 5.02 Å². The Labute approximate surface area is 224 Å². The lowest BCUT2D eigenvalue weighted by atomic mass is 9.76. The van der Waals surface area contributed by atoms with E-state index in [4.69, 9.17) is 11.6 Å². The molecule has 190 valence electrons. The van der Waals surface area contributed by atoms with Gasteiger partial charge in [0.2, 0.25) is 17.7 Å². The van der Waals surface area contributed by atoms with Crippen molar-refractivity contribution in [3.63, 3.8) is 0 Å². The zero-order valence-electron chi connectivity index (χ0n) is 20.4. The third kappa shape index (κ3) is 3.22. The second-order valence-electron chi connectivity index (χ2n) is 10.3. The van der Waals surface area contributed by atoms with Gasteiger partial charge in [-0.25, -0.2) is 0 Å². The van der Waals surface area contributed by atoms with Crippen molar-refractivity contribution in [2.75, 3.05) is 11.9 Å². The van der Waals surface area contributed by atoms with E-state index in [-0.39, 0.29) is 24.3 Å². The Balaban J connectivity index is 1.30. The third-order valence-corrected chi connectivity index (χ3v) is 8.69. The first kappa shape index (κ1) is 23.2. The van der Waals surface area contributed by atoms with Crippen molar-refractivity contribution >= 4 is 45.9 Å². The number of halogens is 1. The van der Waals surface area contributed by atoms with Gasteiger partial charge in [0.15, 0.2) is 0 Å². The summed E-state index contributed by atoms with van der Waals surface area (Å²) in [7, 11) is 0. The lowest BCUT2D eigenvalue weighted by Gasteiger charge is -2.29. The maximum atomic E-state index is 14.0. The standard InChI is InChI=1S/C30H25ClN4O3/c31-21-11-6-10-20-26(21)33-29(38)30(20)25-24(23(34-30)15-18-16-32-22-12-5-4-9-19(18)22)27(36)35(28(25)37)14-13-17-7-2-1-3-8-17/h1-12,16,23-25,32,34H,13-15H2,(H,33,38)/t23-,24+,25-,30-/m0/s1. The average molecular weight is 525 g/mol. The van der Waals surface area contributed by atoms with Gasteiger partial charge < -0.3 is 10.3 Å². The summed E-state index contributed by atoms with van der Waals surface area (Å²) in [6.45, 7) is 0.272. The van der Waals surface area contributed by atoms with Crippen LogP contribution < -0.4 is 10.6 Å². The number of para-hydroxylation sites is 2. The molecule has 1 spiro atoms. The summed E-state index contributed by atoms with van der Waals surface area (Å²) in [6, 6.07) is 22.7. The summed E-state index contributed by atoms with van der Waals surface area (Å²) < 4.78 is 0. The number of nitrogens with one attached hydrogen (secondary N) is 3. The normalized spacial score (nSPS) is 25.9. The highest BCUT2D eigenvalue weighted by Gasteiger charge is 2.70. The monoisotopic (exact) mass is 524 g/mol. The first-order valence-electron chi connectivity index (χ1n) is 12.8. The lowest BCUT2D eigenvalue weighted by Crippen LogP contribution is -2.53. The third-order valence-electron chi connectivity index (χ3n) is 8.37. The molecule has 3 aromatic carbocycles. The van der Waals surface area contributed by atoms with Gasteiger partial charge in [0.05, 0.1) is 22.5 Å². The van der Waals surface area contributed by atoms with E-state index in [1.807, 2.05) is 66.9 Å². The van der Waals surface area contributed by atoms with Gasteiger partial charge in [0, 0.05) is 35.2 Å². The molecule has 4 atom stereocenters. The van der Waals surface area contributed by atoms with Crippen LogP contribution in [0.4, 0.5) is 5.69 Å². The molecule has 8 heteroatoms. The molecule has 7 nitrogen and oxygen atoms in total. The molecule has 0 aliphatic carbocycles. The zero-order chi connectivity index (χ0) is 26.0. The topological polar surface area (TPSA) is 94.3 Å². The number of amides is 3. The quantitative estimate of drug-likeness (QED) is 0.344. The summed E-state index contributed by atoms with van der Waals surface area (Å²) in [5.41, 5.74) is 2.83. The maximum absolute atomic E-state index is 14.0. The highest BCUT2D eigenvalue weighted by atomic mass is 35.5. The largest absolute Gasteiger partial charge is 0.361 e. The molecule has 7 rings (SSSR count). The van der Waals surface area contributed by atoms with Crippen LogP contribution in [0.3, 0.4) is 0 Å². The van der Waals surface area contributed by atoms with Gasteiger partial charge in [-0.3, -0.25) is 24.6 Å². The number of nitrogens with zero attached hydrogens (tertiary/aromatic N) is 1. The minimum Gasteiger partial charge on any atom is -0.361 e. The maximum Gasteiger partial charge on any atom is 0.250 e. The van der Waals surface area contributed by atoms with Gasteiger partial charge in [0.1, 0.15) is 5.54 Å². The predicted molar refractivity (Wildman–Crippen MR) is 145 cm³/mol. The van der Waals surface area contributed by atoms with E-state index in [1.165, 1.54) is 4.90 Å². The van der Waals surface area contributed by atoms with E-state index >= 15 is 0 Å². The zero-order valence-corrected chi connectivity index (χ0v) is 21.2. The molecule has 3 N–H and O–H groups in total. The highest BCUT2D eigenvalue weighted by Crippen LogP contribution is 2.54. The molecule has 2 fully saturated rings. The van der Waals surface area contributed by atoms with Crippen molar-refractivity contribution in [3.05, 3.63) is 101 Å². The Bertz CT molecular complexity index is 1620. The minimum atomic E-state index is -1.37. The number of fused-ring (bicyclic) bond motifs is 5. The number of hydrogen-bond acceptors (Lipinski definition) is 4. The van der Waals surface area contributed by atoms with Crippen LogP contribution in [0.5, 0.6) is 0 Å². The summed E-state index contributed by atoms with van der Waals surface area (Å²) >= 11 is 6.46. The Morgan fingerprint density at radius 3 is 2.53 bits per heavy atom. The highest BCUT2D eigenvalue weighted by molar-refractivity contribution is 6.35. The molecule has 2 saturated heterocycles. The minimum absolute atomic E-state index is 0.228. The fourth-order valence-electron chi connectivity index (χ4n) is 6.67. The molecular weight excluding hydrogens is 500 g/mol. The first-order chi connectivity index (χ1) is 18.5. The fourth-order valence-corrected chi connectivity index (χ4v) is 6.89. The van der Waals surface area contributed by atoms with E-state index in [2.05, 4.69) is 15.6 Å². The van der Waals surface area contributed by atoms with Crippen LogP contribution in [-0.4, -0.2) is 40.2 Å². The molecule has 3 amide bonds. The van der Waals surface area contributed by atoms with E-state index in [0.29, 0.717) is 29.1 Å². The van der Waals surface area contributed by atoms with Gasteiger partial charge in [-0.15, -0.1) is 0 Å². The van der Waals surface area contributed by atoms with Crippen LogP contribution in [0.25, 0.3) is 10.9 Å². The molecular formula is C30H25ClN4O3. The van der Waals surface area contributed by atoms with Gasteiger partial charge in [-0.05, 0) is 36.1 Å². The smallest absolute Gasteiger partial charge is 0.250 e. The van der Waals surface area contributed by atoms with E-state index < -0.39 is 23.4 Å². The number of carbonyl (C=O) groups excluding carboxylic acids is 3.